The Balaban J connectivity index is 1.79. The number of benzene rings is 2. The van der Waals surface area contributed by atoms with Gasteiger partial charge in [-0.3, -0.25) is 0 Å². The summed E-state index contributed by atoms with van der Waals surface area (Å²) in [6.07, 6.45) is 3.53. The molecule has 0 amide bonds. The molecule has 2 aromatic rings. The number of aryl methyl sites for hydroxylation is 1. The molecular weight excluding hydrogens is 256 g/mol. The standard InChI is InChI=1S/C20H24O/c1-20(2,3)21-19-12-11-17-13-16(9-10-18(17)14-19)15-7-5-4-6-8-15/h4-8,11-12,14,16H,9-10,13H2,1-3H3/t16-/m1/s1. The van der Waals surface area contributed by atoms with Crippen molar-refractivity contribution in [1.82, 2.24) is 0 Å². The van der Waals surface area contributed by atoms with Gasteiger partial charge in [-0.2, -0.15) is 0 Å². The van der Waals surface area contributed by atoms with Gasteiger partial charge < -0.3 is 4.74 Å². The van der Waals surface area contributed by atoms with Gasteiger partial charge in [-0.05, 0) is 74.8 Å². The molecule has 0 saturated carbocycles. The molecule has 110 valence electrons. The van der Waals surface area contributed by atoms with E-state index >= 15 is 0 Å². The average Bonchev–Trinajstić information content (AvgIpc) is 2.46. The van der Waals surface area contributed by atoms with Crippen LogP contribution in [0.1, 0.15) is 49.8 Å². The predicted octanol–water partition coefficient (Wildman–Crippen LogP) is 5.14. The molecule has 0 saturated heterocycles. The third-order valence-electron chi connectivity index (χ3n) is 4.10. The maximum absolute atomic E-state index is 5.98. The van der Waals surface area contributed by atoms with Gasteiger partial charge in [0, 0.05) is 0 Å². The molecule has 1 atom stereocenters. The number of fused-ring (bicyclic) bond motifs is 1. The molecule has 0 heterocycles. The maximum atomic E-state index is 5.98. The fourth-order valence-corrected chi connectivity index (χ4v) is 3.16. The number of rotatable bonds is 2. The third-order valence-corrected chi connectivity index (χ3v) is 4.10. The second-order valence-electron chi connectivity index (χ2n) is 7.00. The zero-order chi connectivity index (χ0) is 14.9. The lowest BCUT2D eigenvalue weighted by Crippen LogP contribution is -2.23. The minimum Gasteiger partial charge on any atom is -0.488 e. The summed E-state index contributed by atoms with van der Waals surface area (Å²) >= 11 is 0. The van der Waals surface area contributed by atoms with Crippen LogP contribution in [0, 0.1) is 0 Å². The average molecular weight is 280 g/mol. The Morgan fingerprint density at radius 2 is 1.71 bits per heavy atom. The van der Waals surface area contributed by atoms with Crippen molar-refractivity contribution in [3.05, 3.63) is 65.2 Å². The Morgan fingerprint density at radius 1 is 0.952 bits per heavy atom. The van der Waals surface area contributed by atoms with Crippen molar-refractivity contribution in [3.8, 4) is 5.75 Å². The molecule has 0 unspecified atom stereocenters. The van der Waals surface area contributed by atoms with E-state index in [1.165, 1.54) is 23.1 Å². The van der Waals surface area contributed by atoms with Gasteiger partial charge >= 0.3 is 0 Å². The second kappa shape index (κ2) is 5.55. The molecule has 0 N–H and O–H groups in total. The molecule has 1 aliphatic carbocycles. The Hall–Kier alpha value is -1.76. The summed E-state index contributed by atoms with van der Waals surface area (Å²) in [6, 6.07) is 17.5. The lowest BCUT2D eigenvalue weighted by Gasteiger charge is -2.27. The first-order chi connectivity index (χ1) is 10.0. The van der Waals surface area contributed by atoms with Gasteiger partial charge in [-0.15, -0.1) is 0 Å². The summed E-state index contributed by atoms with van der Waals surface area (Å²) in [6.45, 7) is 6.29. The van der Waals surface area contributed by atoms with Crippen molar-refractivity contribution in [3.63, 3.8) is 0 Å². The molecule has 1 nitrogen and oxygen atoms in total. The molecule has 0 aromatic heterocycles. The fourth-order valence-electron chi connectivity index (χ4n) is 3.16. The molecular formula is C20H24O. The van der Waals surface area contributed by atoms with Crippen LogP contribution in [0.25, 0.3) is 0 Å². The fraction of sp³-hybridized carbons (Fsp3) is 0.400. The van der Waals surface area contributed by atoms with Crippen LogP contribution in [0.3, 0.4) is 0 Å². The van der Waals surface area contributed by atoms with Gasteiger partial charge in [0.1, 0.15) is 11.4 Å². The molecule has 1 heteroatoms. The highest BCUT2D eigenvalue weighted by Crippen LogP contribution is 2.34. The van der Waals surface area contributed by atoms with E-state index in [2.05, 4.69) is 69.3 Å². The van der Waals surface area contributed by atoms with Gasteiger partial charge in [-0.1, -0.05) is 36.4 Å². The quantitative estimate of drug-likeness (QED) is 0.740. The van der Waals surface area contributed by atoms with E-state index in [0.717, 1.165) is 18.6 Å². The van der Waals surface area contributed by atoms with Crippen molar-refractivity contribution >= 4 is 0 Å². The van der Waals surface area contributed by atoms with Gasteiger partial charge in [0.25, 0.3) is 0 Å². The summed E-state index contributed by atoms with van der Waals surface area (Å²) < 4.78 is 5.98. The Kier molecular flexibility index (Phi) is 3.75. The summed E-state index contributed by atoms with van der Waals surface area (Å²) in [4.78, 5) is 0. The number of hydrogen-bond acceptors (Lipinski definition) is 1. The zero-order valence-electron chi connectivity index (χ0n) is 13.2. The van der Waals surface area contributed by atoms with Crippen LogP contribution < -0.4 is 4.74 Å². The SMILES string of the molecule is CC(C)(C)Oc1ccc2c(c1)CC[C@@H](c1ccccc1)C2. The molecule has 0 spiro atoms. The van der Waals surface area contributed by atoms with Crippen molar-refractivity contribution in [2.45, 2.75) is 51.6 Å². The van der Waals surface area contributed by atoms with E-state index in [4.69, 9.17) is 4.74 Å². The van der Waals surface area contributed by atoms with Gasteiger partial charge in [-0.25, -0.2) is 0 Å². The van der Waals surface area contributed by atoms with Crippen molar-refractivity contribution in [1.29, 1.82) is 0 Å². The topological polar surface area (TPSA) is 9.23 Å². The van der Waals surface area contributed by atoms with Gasteiger partial charge in [0.2, 0.25) is 0 Å². The molecule has 1 aliphatic rings. The van der Waals surface area contributed by atoms with Crippen LogP contribution in [0.2, 0.25) is 0 Å². The second-order valence-corrected chi connectivity index (χ2v) is 7.00. The first-order valence-electron chi connectivity index (χ1n) is 7.87. The van der Waals surface area contributed by atoms with Gasteiger partial charge in [0.05, 0.1) is 0 Å². The lowest BCUT2D eigenvalue weighted by atomic mass is 9.80. The summed E-state index contributed by atoms with van der Waals surface area (Å²) in [5, 5.41) is 0. The molecule has 0 bridgehead atoms. The van der Waals surface area contributed by atoms with Crippen LogP contribution in [0.15, 0.2) is 48.5 Å². The highest BCUT2D eigenvalue weighted by molar-refractivity contribution is 5.39. The smallest absolute Gasteiger partial charge is 0.120 e. The highest BCUT2D eigenvalue weighted by Gasteiger charge is 2.21. The van der Waals surface area contributed by atoms with E-state index in [9.17, 15) is 0 Å². The highest BCUT2D eigenvalue weighted by atomic mass is 16.5. The third kappa shape index (κ3) is 3.47. The van der Waals surface area contributed by atoms with Gasteiger partial charge in [0.15, 0.2) is 0 Å². The predicted molar refractivity (Wildman–Crippen MR) is 88.0 cm³/mol. The lowest BCUT2D eigenvalue weighted by molar-refractivity contribution is 0.130. The molecule has 0 fully saturated rings. The van der Waals surface area contributed by atoms with Crippen molar-refractivity contribution in [2.75, 3.05) is 0 Å². The summed E-state index contributed by atoms with van der Waals surface area (Å²) in [5.41, 5.74) is 4.29. The van der Waals surface area contributed by atoms with E-state index < -0.39 is 0 Å². The monoisotopic (exact) mass is 280 g/mol. The van der Waals surface area contributed by atoms with E-state index in [-0.39, 0.29) is 5.60 Å². The van der Waals surface area contributed by atoms with Crippen LogP contribution in [0.4, 0.5) is 0 Å². The van der Waals surface area contributed by atoms with Crippen LogP contribution in [0.5, 0.6) is 5.75 Å². The number of ether oxygens (including phenoxy) is 1. The summed E-state index contributed by atoms with van der Waals surface area (Å²) in [7, 11) is 0. The molecule has 2 aromatic carbocycles. The van der Waals surface area contributed by atoms with Crippen LogP contribution in [-0.4, -0.2) is 5.60 Å². The van der Waals surface area contributed by atoms with E-state index in [1.54, 1.807) is 0 Å². The Labute approximate surface area is 128 Å². The van der Waals surface area contributed by atoms with Crippen molar-refractivity contribution in [2.24, 2.45) is 0 Å². The minimum absolute atomic E-state index is 0.129. The largest absolute Gasteiger partial charge is 0.488 e. The molecule has 0 aliphatic heterocycles. The van der Waals surface area contributed by atoms with Crippen molar-refractivity contribution < 1.29 is 4.74 Å². The molecule has 0 radical (unpaired) electrons. The van der Waals surface area contributed by atoms with E-state index in [0.29, 0.717) is 5.92 Å². The zero-order valence-corrected chi connectivity index (χ0v) is 13.2. The van der Waals surface area contributed by atoms with Crippen LogP contribution >= 0.6 is 0 Å². The van der Waals surface area contributed by atoms with Crippen LogP contribution in [-0.2, 0) is 12.8 Å². The minimum atomic E-state index is -0.129. The Bertz CT molecular complexity index is 607. The Morgan fingerprint density at radius 3 is 2.43 bits per heavy atom. The van der Waals surface area contributed by atoms with E-state index in [1.807, 2.05) is 0 Å². The molecule has 3 rings (SSSR count). The normalized spacial score (nSPS) is 18.1. The first kappa shape index (κ1) is 14.2. The first-order valence-corrected chi connectivity index (χ1v) is 7.87. The maximum Gasteiger partial charge on any atom is 0.120 e. The number of hydrogen-bond donors (Lipinski definition) is 0. The molecule has 21 heavy (non-hydrogen) atoms. The summed E-state index contributed by atoms with van der Waals surface area (Å²) in [5.74, 6) is 1.66.